The molecule has 1 amide bonds. The summed E-state index contributed by atoms with van der Waals surface area (Å²) in [5.74, 6) is -0.473. The molecule has 1 heterocycles. The fraction of sp³-hybridized carbons (Fsp3) is 0.381. The lowest BCUT2D eigenvalue weighted by Crippen LogP contribution is -2.44. The summed E-state index contributed by atoms with van der Waals surface area (Å²) in [6.45, 7) is 7.11. The fourth-order valence-corrected chi connectivity index (χ4v) is 2.57. The number of rotatable bonds is 9. The number of nitrogens with zero attached hydrogens (tertiary/aromatic N) is 2. The van der Waals surface area contributed by atoms with Gasteiger partial charge in [0.05, 0.1) is 11.5 Å². The van der Waals surface area contributed by atoms with Gasteiger partial charge in [0, 0.05) is 18.6 Å². The highest BCUT2D eigenvalue weighted by molar-refractivity contribution is 5.80. The summed E-state index contributed by atoms with van der Waals surface area (Å²) >= 11 is 0. The van der Waals surface area contributed by atoms with Crippen LogP contribution in [-0.2, 0) is 16.0 Å². The molecule has 0 fully saturated rings. The number of ether oxygens (including phenoxy) is 3. The predicted octanol–water partition coefficient (Wildman–Crippen LogP) is 3.70. The van der Waals surface area contributed by atoms with Crippen molar-refractivity contribution in [1.82, 2.24) is 10.3 Å². The Kier molecular flexibility index (Phi) is 7.94. The van der Waals surface area contributed by atoms with Crippen LogP contribution in [0.2, 0.25) is 0 Å². The third kappa shape index (κ3) is 7.42. The lowest BCUT2D eigenvalue weighted by Gasteiger charge is -2.22. The van der Waals surface area contributed by atoms with Gasteiger partial charge in [-0.25, -0.2) is 14.6 Å². The summed E-state index contributed by atoms with van der Waals surface area (Å²) < 4.78 is 16.4. The first-order chi connectivity index (χ1) is 15.0. The minimum atomic E-state index is -1.22. The molecule has 11 nitrogen and oxygen atoms in total. The van der Waals surface area contributed by atoms with Crippen molar-refractivity contribution < 1.29 is 33.8 Å². The van der Waals surface area contributed by atoms with E-state index in [-0.39, 0.29) is 18.0 Å². The molecule has 1 atom stereocenters. The van der Waals surface area contributed by atoms with Crippen LogP contribution in [0.15, 0.2) is 36.5 Å². The highest BCUT2D eigenvalue weighted by Gasteiger charge is 2.25. The minimum Gasteiger partial charge on any atom is -0.490 e. The molecule has 1 aromatic heterocycles. The molecule has 0 aliphatic rings. The lowest BCUT2D eigenvalue weighted by molar-refractivity contribution is -0.385. The second-order valence-corrected chi connectivity index (χ2v) is 7.67. The first-order valence-electron chi connectivity index (χ1n) is 9.75. The Labute approximate surface area is 184 Å². The molecule has 1 unspecified atom stereocenters. The molecule has 11 heteroatoms. The van der Waals surface area contributed by atoms with Gasteiger partial charge in [0.2, 0.25) is 5.88 Å². The van der Waals surface area contributed by atoms with Crippen molar-refractivity contribution in [2.45, 2.75) is 45.8 Å². The topological polar surface area (TPSA) is 150 Å². The van der Waals surface area contributed by atoms with E-state index in [1.165, 1.54) is 12.1 Å². The zero-order valence-electron chi connectivity index (χ0n) is 18.2. The van der Waals surface area contributed by atoms with Crippen molar-refractivity contribution in [3.05, 3.63) is 52.2 Å². The Morgan fingerprint density at radius 2 is 1.94 bits per heavy atom. The fourth-order valence-electron chi connectivity index (χ4n) is 2.57. The van der Waals surface area contributed by atoms with Crippen LogP contribution in [0.1, 0.15) is 33.3 Å². The third-order valence-electron chi connectivity index (χ3n) is 3.88. The Balaban J connectivity index is 2.18. The van der Waals surface area contributed by atoms with E-state index in [0.717, 1.165) is 6.20 Å². The number of nitrogens with one attached hydrogen (secondary N) is 1. The molecule has 2 rings (SSSR count). The summed E-state index contributed by atoms with van der Waals surface area (Å²) in [6.07, 6.45) is 0.216. The van der Waals surface area contributed by atoms with E-state index in [1.807, 2.05) is 0 Å². The van der Waals surface area contributed by atoms with Crippen LogP contribution in [0.25, 0.3) is 0 Å². The summed E-state index contributed by atoms with van der Waals surface area (Å²) in [5, 5.41) is 22.6. The first kappa shape index (κ1) is 24.4. The summed E-state index contributed by atoms with van der Waals surface area (Å²) in [7, 11) is 0. The number of alkyl carbamates (subject to hydrolysis) is 1. The Morgan fingerprint density at radius 3 is 2.47 bits per heavy atom. The van der Waals surface area contributed by atoms with Gasteiger partial charge >= 0.3 is 12.1 Å². The van der Waals surface area contributed by atoms with Crippen molar-refractivity contribution in [1.29, 1.82) is 0 Å². The number of benzene rings is 1. The molecule has 2 N–H and O–H groups in total. The number of nitro groups is 1. The van der Waals surface area contributed by atoms with E-state index in [9.17, 15) is 24.8 Å². The Morgan fingerprint density at radius 1 is 1.22 bits per heavy atom. The van der Waals surface area contributed by atoms with Gasteiger partial charge < -0.3 is 24.6 Å². The number of carboxylic acids is 1. The van der Waals surface area contributed by atoms with E-state index in [0.29, 0.717) is 23.7 Å². The molecule has 0 spiro atoms. The normalized spacial score (nSPS) is 11.9. The van der Waals surface area contributed by atoms with Crippen LogP contribution >= 0.6 is 0 Å². The summed E-state index contributed by atoms with van der Waals surface area (Å²) in [6, 6.07) is 6.18. The van der Waals surface area contributed by atoms with Crippen LogP contribution in [0, 0.1) is 10.1 Å². The van der Waals surface area contributed by atoms with Crippen LogP contribution in [0.4, 0.5) is 10.5 Å². The van der Waals surface area contributed by atoms with E-state index in [2.05, 4.69) is 10.3 Å². The third-order valence-corrected chi connectivity index (χ3v) is 3.88. The molecule has 0 saturated carbocycles. The Hall–Kier alpha value is -3.89. The SMILES string of the molecule is CCOc1cc(CC(NC(=O)OC(C)(C)C)C(=O)O)ccc1Oc1ccc([N+](=O)[O-])cn1. The van der Waals surface area contributed by atoms with Crippen molar-refractivity contribution >= 4 is 17.7 Å². The number of carbonyl (C=O) groups is 2. The molecule has 0 saturated heterocycles. The zero-order valence-corrected chi connectivity index (χ0v) is 18.2. The van der Waals surface area contributed by atoms with Crippen LogP contribution in [-0.4, -0.2) is 45.3 Å². The van der Waals surface area contributed by atoms with Gasteiger partial charge in [-0.3, -0.25) is 10.1 Å². The summed E-state index contributed by atoms with van der Waals surface area (Å²) in [4.78, 5) is 37.7. The number of aliphatic carboxylic acids is 1. The summed E-state index contributed by atoms with van der Waals surface area (Å²) in [5.41, 5.74) is -0.365. The highest BCUT2D eigenvalue weighted by Crippen LogP contribution is 2.32. The van der Waals surface area contributed by atoms with E-state index >= 15 is 0 Å². The van der Waals surface area contributed by atoms with Gasteiger partial charge in [-0.1, -0.05) is 6.07 Å². The van der Waals surface area contributed by atoms with Crippen molar-refractivity contribution in [3.8, 4) is 17.4 Å². The largest absolute Gasteiger partial charge is 0.490 e. The maximum Gasteiger partial charge on any atom is 0.408 e. The minimum absolute atomic E-state index is 0.0231. The van der Waals surface area contributed by atoms with Crippen molar-refractivity contribution in [2.75, 3.05) is 6.61 Å². The van der Waals surface area contributed by atoms with Gasteiger partial charge in [-0.05, 0) is 45.4 Å². The van der Waals surface area contributed by atoms with E-state index in [4.69, 9.17) is 14.2 Å². The van der Waals surface area contributed by atoms with Crippen molar-refractivity contribution in [2.24, 2.45) is 0 Å². The maximum atomic E-state index is 12.0. The standard InChI is InChI=1S/C21H25N3O8/c1-5-30-17-11-13(10-15(19(25)26)23-20(27)32-21(2,3)4)6-8-16(17)31-18-9-7-14(12-22-18)24(28)29/h6-9,11-12,15H,5,10H2,1-4H3,(H,23,27)(H,25,26). The van der Waals surface area contributed by atoms with Gasteiger partial charge in [-0.15, -0.1) is 0 Å². The average Bonchev–Trinajstić information content (AvgIpc) is 2.68. The van der Waals surface area contributed by atoms with Crippen LogP contribution < -0.4 is 14.8 Å². The second kappa shape index (κ2) is 10.4. The molecule has 0 aliphatic heterocycles. The first-order valence-corrected chi connectivity index (χ1v) is 9.75. The molecule has 0 aliphatic carbocycles. The number of pyridine rings is 1. The smallest absolute Gasteiger partial charge is 0.408 e. The average molecular weight is 447 g/mol. The molecule has 0 bridgehead atoms. The quantitative estimate of drug-likeness (QED) is 0.433. The lowest BCUT2D eigenvalue weighted by atomic mass is 10.1. The van der Waals surface area contributed by atoms with Crippen LogP contribution in [0.5, 0.6) is 17.4 Å². The van der Waals surface area contributed by atoms with Gasteiger partial charge in [0.15, 0.2) is 11.5 Å². The second-order valence-electron chi connectivity index (χ2n) is 7.67. The zero-order chi connectivity index (χ0) is 23.9. The highest BCUT2D eigenvalue weighted by atomic mass is 16.6. The number of hydrogen-bond donors (Lipinski definition) is 2. The van der Waals surface area contributed by atoms with Crippen LogP contribution in [0.3, 0.4) is 0 Å². The molecular weight excluding hydrogens is 422 g/mol. The number of aromatic nitrogens is 1. The molecule has 172 valence electrons. The Bertz CT molecular complexity index is 970. The van der Waals surface area contributed by atoms with Gasteiger partial charge in [0.1, 0.15) is 17.8 Å². The van der Waals surface area contributed by atoms with Gasteiger partial charge in [-0.2, -0.15) is 0 Å². The number of carbonyl (C=O) groups excluding carboxylic acids is 1. The molecule has 32 heavy (non-hydrogen) atoms. The van der Waals surface area contributed by atoms with Gasteiger partial charge in [0.25, 0.3) is 5.69 Å². The molecule has 0 radical (unpaired) electrons. The molecular formula is C21H25N3O8. The number of carboxylic acid groups (broad SMARTS) is 1. The number of hydrogen-bond acceptors (Lipinski definition) is 8. The van der Waals surface area contributed by atoms with Crippen molar-refractivity contribution in [3.63, 3.8) is 0 Å². The van der Waals surface area contributed by atoms with E-state index < -0.39 is 28.6 Å². The molecule has 2 aromatic rings. The number of amides is 1. The predicted molar refractivity (Wildman–Crippen MR) is 113 cm³/mol. The molecule has 1 aromatic carbocycles. The maximum absolute atomic E-state index is 12.0. The van der Waals surface area contributed by atoms with E-state index in [1.54, 1.807) is 45.9 Å². The monoisotopic (exact) mass is 447 g/mol.